The molecule has 1 aromatic rings. The van der Waals surface area contributed by atoms with Crippen LogP contribution in [0.25, 0.3) is 0 Å². The molecule has 18 heavy (non-hydrogen) atoms. The van der Waals surface area contributed by atoms with Gasteiger partial charge in [-0.05, 0) is 12.1 Å². The Morgan fingerprint density at radius 1 is 1.61 bits per heavy atom. The predicted octanol–water partition coefficient (Wildman–Crippen LogP) is 2.55. The number of carbonyl (C=O) groups is 1. The molecule has 1 amide bonds. The number of hydrogen-bond acceptors (Lipinski definition) is 2. The Balaban J connectivity index is 2.64. The molecule has 1 rings (SSSR count). The van der Waals surface area contributed by atoms with Gasteiger partial charge in [-0.3, -0.25) is 4.79 Å². The average Bonchev–Trinajstić information content (AvgIpc) is 2.33. The molecule has 0 spiro atoms. The van der Waals surface area contributed by atoms with Crippen molar-refractivity contribution in [2.45, 2.75) is 12.5 Å². The van der Waals surface area contributed by atoms with Crippen molar-refractivity contribution in [3.63, 3.8) is 0 Å². The number of alkyl halides is 1. The fraction of sp³-hybridized carbons (Fsp3) is 0.417. The number of nitrogens with one attached hydrogen (secondary N) is 1. The number of amides is 1. The van der Waals surface area contributed by atoms with Gasteiger partial charge >= 0.3 is 0 Å². The van der Waals surface area contributed by atoms with E-state index in [0.717, 1.165) is 0 Å². The topological polar surface area (TPSA) is 38.3 Å². The summed E-state index contributed by atoms with van der Waals surface area (Å²) in [6.07, 6.45) is -0.0846. The van der Waals surface area contributed by atoms with Gasteiger partial charge in [0.25, 0.3) is 0 Å². The Hall–Kier alpha value is -0.650. The summed E-state index contributed by atoms with van der Waals surface area (Å²) in [6, 6.07) is 4.20. The van der Waals surface area contributed by atoms with Crippen LogP contribution in [0.1, 0.15) is 5.56 Å². The maximum Gasteiger partial charge on any atom is 0.224 e. The Morgan fingerprint density at radius 3 is 2.89 bits per heavy atom. The second-order valence-corrected chi connectivity index (χ2v) is 4.81. The highest BCUT2D eigenvalue weighted by Gasteiger charge is 2.15. The summed E-state index contributed by atoms with van der Waals surface area (Å²) < 4.78 is 18.4. The van der Waals surface area contributed by atoms with Crippen LogP contribution in [0, 0.1) is 5.82 Å². The fourth-order valence-corrected chi connectivity index (χ4v) is 2.05. The van der Waals surface area contributed by atoms with Gasteiger partial charge in [0.05, 0.1) is 19.1 Å². The van der Waals surface area contributed by atoms with Crippen LogP contribution in [0.15, 0.2) is 18.2 Å². The molecule has 1 unspecified atom stereocenters. The van der Waals surface area contributed by atoms with Gasteiger partial charge in [0, 0.05) is 23.0 Å². The quantitative estimate of drug-likeness (QED) is 0.810. The fourth-order valence-electron chi connectivity index (χ4n) is 1.47. The Bertz CT molecular complexity index is 397. The molecule has 1 atom stereocenters. The molecule has 0 aliphatic heterocycles. The number of methoxy groups -OCH3 is 1. The van der Waals surface area contributed by atoms with Gasteiger partial charge in [-0.2, -0.15) is 0 Å². The standard InChI is InChI=1S/C12H14BrClFNO2/c1-18-7-8(6-13)16-12(17)5-9-10(14)3-2-4-11(9)15/h2-4,8H,5-7H2,1H3,(H,16,17). The van der Waals surface area contributed by atoms with Gasteiger partial charge in [-0.1, -0.05) is 33.6 Å². The molecule has 0 aliphatic carbocycles. The first kappa shape index (κ1) is 15.4. The number of hydrogen-bond donors (Lipinski definition) is 1. The molecule has 1 N–H and O–H groups in total. The van der Waals surface area contributed by atoms with Gasteiger partial charge in [-0.25, -0.2) is 4.39 Å². The summed E-state index contributed by atoms with van der Waals surface area (Å²) in [5.74, 6) is -0.761. The Kier molecular flexibility index (Phi) is 6.60. The molecule has 1 aromatic carbocycles. The Morgan fingerprint density at radius 2 is 2.33 bits per heavy atom. The van der Waals surface area contributed by atoms with Crippen molar-refractivity contribution in [1.82, 2.24) is 5.32 Å². The number of ether oxygens (including phenoxy) is 1. The largest absolute Gasteiger partial charge is 0.383 e. The van der Waals surface area contributed by atoms with E-state index in [4.69, 9.17) is 16.3 Å². The molecule has 0 fully saturated rings. The lowest BCUT2D eigenvalue weighted by Gasteiger charge is -2.15. The average molecular weight is 339 g/mol. The minimum atomic E-state index is -0.472. The van der Waals surface area contributed by atoms with E-state index in [1.165, 1.54) is 12.1 Å². The van der Waals surface area contributed by atoms with E-state index < -0.39 is 5.82 Å². The summed E-state index contributed by atoms with van der Waals surface area (Å²) in [6.45, 7) is 0.391. The predicted molar refractivity (Wildman–Crippen MR) is 72.7 cm³/mol. The van der Waals surface area contributed by atoms with E-state index >= 15 is 0 Å². The molecule has 0 aliphatic rings. The van der Waals surface area contributed by atoms with E-state index in [2.05, 4.69) is 21.2 Å². The number of rotatable bonds is 6. The van der Waals surface area contributed by atoms with Crippen LogP contribution >= 0.6 is 27.5 Å². The highest BCUT2D eigenvalue weighted by Crippen LogP contribution is 2.19. The SMILES string of the molecule is COCC(CBr)NC(=O)Cc1c(F)cccc1Cl. The third kappa shape index (κ3) is 4.55. The van der Waals surface area contributed by atoms with Gasteiger partial charge in [0.2, 0.25) is 5.91 Å². The van der Waals surface area contributed by atoms with Crippen LogP contribution < -0.4 is 5.32 Å². The van der Waals surface area contributed by atoms with Crippen LogP contribution in [-0.4, -0.2) is 31.0 Å². The van der Waals surface area contributed by atoms with Crippen LogP contribution in [-0.2, 0) is 16.0 Å². The van der Waals surface area contributed by atoms with E-state index in [0.29, 0.717) is 11.9 Å². The second kappa shape index (κ2) is 7.71. The number of benzene rings is 1. The van der Waals surface area contributed by atoms with Crippen LogP contribution in [0.4, 0.5) is 4.39 Å². The van der Waals surface area contributed by atoms with Crippen molar-refractivity contribution in [2.24, 2.45) is 0 Å². The van der Waals surface area contributed by atoms with Gasteiger partial charge in [-0.15, -0.1) is 0 Å². The normalized spacial score (nSPS) is 12.2. The lowest BCUT2D eigenvalue weighted by molar-refractivity contribution is -0.121. The minimum Gasteiger partial charge on any atom is -0.383 e. The van der Waals surface area contributed by atoms with Gasteiger partial charge in [0.15, 0.2) is 0 Å². The lowest BCUT2D eigenvalue weighted by atomic mass is 10.1. The first-order valence-corrected chi connectivity index (χ1v) is 6.85. The van der Waals surface area contributed by atoms with Crippen molar-refractivity contribution in [3.8, 4) is 0 Å². The molecule has 0 radical (unpaired) electrons. The monoisotopic (exact) mass is 337 g/mol. The zero-order valence-corrected chi connectivity index (χ0v) is 12.2. The summed E-state index contributed by atoms with van der Waals surface area (Å²) >= 11 is 9.12. The second-order valence-electron chi connectivity index (χ2n) is 3.75. The zero-order valence-electron chi connectivity index (χ0n) is 9.88. The first-order chi connectivity index (χ1) is 8.58. The van der Waals surface area contributed by atoms with Crippen molar-refractivity contribution < 1.29 is 13.9 Å². The molecular weight excluding hydrogens is 324 g/mol. The van der Waals surface area contributed by atoms with Crippen LogP contribution in [0.5, 0.6) is 0 Å². The summed E-state index contributed by atoms with van der Waals surface area (Å²) in [5, 5.41) is 3.56. The zero-order chi connectivity index (χ0) is 13.5. The van der Waals surface area contributed by atoms with E-state index in [-0.39, 0.29) is 29.0 Å². The molecule has 0 bridgehead atoms. The summed E-state index contributed by atoms with van der Waals surface area (Å²) in [4.78, 5) is 11.7. The highest BCUT2D eigenvalue weighted by molar-refractivity contribution is 9.09. The third-order valence-electron chi connectivity index (χ3n) is 2.32. The molecule has 0 saturated heterocycles. The van der Waals surface area contributed by atoms with Crippen LogP contribution in [0.2, 0.25) is 5.02 Å². The van der Waals surface area contributed by atoms with Crippen molar-refractivity contribution in [1.29, 1.82) is 0 Å². The molecule has 0 heterocycles. The van der Waals surface area contributed by atoms with Crippen molar-refractivity contribution >= 4 is 33.4 Å². The first-order valence-electron chi connectivity index (χ1n) is 5.35. The summed E-state index contributed by atoms with van der Waals surface area (Å²) in [5.41, 5.74) is 0.211. The molecule has 100 valence electrons. The molecule has 0 aromatic heterocycles. The van der Waals surface area contributed by atoms with E-state index in [1.54, 1.807) is 13.2 Å². The molecular formula is C12H14BrClFNO2. The van der Waals surface area contributed by atoms with Gasteiger partial charge in [0.1, 0.15) is 5.82 Å². The minimum absolute atomic E-state index is 0.0846. The van der Waals surface area contributed by atoms with E-state index in [9.17, 15) is 9.18 Å². The van der Waals surface area contributed by atoms with Crippen LogP contribution in [0.3, 0.4) is 0 Å². The maximum atomic E-state index is 13.5. The van der Waals surface area contributed by atoms with Gasteiger partial charge < -0.3 is 10.1 Å². The maximum absolute atomic E-state index is 13.5. The Labute approximate surface area is 119 Å². The van der Waals surface area contributed by atoms with E-state index in [1.807, 2.05) is 0 Å². The lowest BCUT2D eigenvalue weighted by Crippen LogP contribution is -2.40. The van der Waals surface area contributed by atoms with Crippen molar-refractivity contribution in [2.75, 3.05) is 19.0 Å². The highest BCUT2D eigenvalue weighted by atomic mass is 79.9. The molecule has 3 nitrogen and oxygen atoms in total. The third-order valence-corrected chi connectivity index (χ3v) is 3.45. The molecule has 0 saturated carbocycles. The smallest absolute Gasteiger partial charge is 0.224 e. The number of halogens is 3. The molecule has 6 heteroatoms. The van der Waals surface area contributed by atoms with Crippen molar-refractivity contribution in [3.05, 3.63) is 34.6 Å². The summed E-state index contributed by atoms with van der Waals surface area (Å²) in [7, 11) is 1.55. The number of carbonyl (C=O) groups excluding carboxylic acids is 1.